The Morgan fingerprint density at radius 2 is 2.15 bits per heavy atom. The van der Waals surface area contributed by atoms with E-state index in [4.69, 9.17) is 11.6 Å². The second-order valence-electron chi connectivity index (χ2n) is 5.59. The SMILES string of the molecule is O=C(O)C1CC2CCC1N2C(=O)Cc1cccc(Cl)c1. The molecule has 3 rings (SSSR count). The van der Waals surface area contributed by atoms with Gasteiger partial charge in [-0.3, -0.25) is 9.59 Å². The number of carboxylic acids is 1. The van der Waals surface area contributed by atoms with E-state index < -0.39 is 11.9 Å². The van der Waals surface area contributed by atoms with Gasteiger partial charge in [-0.25, -0.2) is 0 Å². The first-order chi connectivity index (χ1) is 9.56. The summed E-state index contributed by atoms with van der Waals surface area (Å²) in [6.45, 7) is 0. The highest BCUT2D eigenvalue weighted by atomic mass is 35.5. The molecule has 2 fully saturated rings. The molecule has 3 unspecified atom stereocenters. The van der Waals surface area contributed by atoms with Crippen molar-refractivity contribution < 1.29 is 14.7 Å². The molecule has 5 heteroatoms. The van der Waals surface area contributed by atoms with Gasteiger partial charge in [-0.1, -0.05) is 23.7 Å². The van der Waals surface area contributed by atoms with Gasteiger partial charge in [0.05, 0.1) is 12.3 Å². The summed E-state index contributed by atoms with van der Waals surface area (Å²) in [4.78, 5) is 25.5. The number of carbonyl (C=O) groups is 2. The molecule has 0 radical (unpaired) electrons. The van der Waals surface area contributed by atoms with Crippen LogP contribution < -0.4 is 0 Å². The molecule has 0 saturated carbocycles. The van der Waals surface area contributed by atoms with Crippen LogP contribution in [-0.2, 0) is 16.0 Å². The van der Waals surface area contributed by atoms with Gasteiger partial charge in [-0.05, 0) is 37.0 Å². The number of fused-ring (bicyclic) bond motifs is 2. The predicted molar refractivity (Wildman–Crippen MR) is 74.6 cm³/mol. The third-order valence-corrected chi connectivity index (χ3v) is 4.62. The number of nitrogens with zero attached hydrogens (tertiary/aromatic N) is 1. The Morgan fingerprint density at radius 1 is 1.35 bits per heavy atom. The minimum Gasteiger partial charge on any atom is -0.481 e. The van der Waals surface area contributed by atoms with Gasteiger partial charge in [-0.2, -0.15) is 0 Å². The number of hydrogen-bond acceptors (Lipinski definition) is 2. The molecule has 2 bridgehead atoms. The van der Waals surface area contributed by atoms with Crippen LogP contribution in [0.5, 0.6) is 0 Å². The van der Waals surface area contributed by atoms with Crippen molar-refractivity contribution in [1.82, 2.24) is 4.90 Å². The van der Waals surface area contributed by atoms with E-state index >= 15 is 0 Å². The molecule has 0 spiro atoms. The van der Waals surface area contributed by atoms with Gasteiger partial charge in [0.1, 0.15) is 0 Å². The minimum absolute atomic E-state index is 0.0171. The Kier molecular flexibility index (Phi) is 3.42. The van der Waals surface area contributed by atoms with E-state index in [2.05, 4.69) is 0 Å². The second-order valence-corrected chi connectivity index (χ2v) is 6.02. The van der Waals surface area contributed by atoms with Crippen LogP contribution in [0.15, 0.2) is 24.3 Å². The van der Waals surface area contributed by atoms with Crippen LogP contribution in [-0.4, -0.2) is 34.0 Å². The molecule has 2 aliphatic heterocycles. The third-order valence-electron chi connectivity index (χ3n) is 4.39. The zero-order valence-corrected chi connectivity index (χ0v) is 11.7. The van der Waals surface area contributed by atoms with Crippen LogP contribution in [0.4, 0.5) is 0 Å². The standard InChI is InChI=1S/C15H16ClNO3/c16-10-3-1-2-9(6-10)7-14(18)17-11-4-5-13(17)12(8-11)15(19)20/h1-3,6,11-13H,4-5,7-8H2,(H,19,20). The maximum absolute atomic E-state index is 12.4. The molecular weight excluding hydrogens is 278 g/mol. The molecule has 2 heterocycles. The average Bonchev–Trinajstić information content (AvgIpc) is 2.96. The maximum Gasteiger partial charge on any atom is 0.308 e. The number of aliphatic carboxylic acids is 1. The Morgan fingerprint density at radius 3 is 2.80 bits per heavy atom. The summed E-state index contributed by atoms with van der Waals surface area (Å²) in [5.41, 5.74) is 0.876. The smallest absolute Gasteiger partial charge is 0.308 e. The number of amides is 1. The zero-order valence-electron chi connectivity index (χ0n) is 11.0. The van der Waals surface area contributed by atoms with Gasteiger partial charge in [0.25, 0.3) is 0 Å². The summed E-state index contributed by atoms with van der Waals surface area (Å²) in [6, 6.07) is 7.23. The molecule has 106 valence electrons. The molecule has 4 nitrogen and oxygen atoms in total. The molecular formula is C15H16ClNO3. The van der Waals surface area contributed by atoms with E-state index in [9.17, 15) is 14.7 Å². The molecule has 1 N–H and O–H groups in total. The fourth-order valence-corrected chi connectivity index (χ4v) is 3.77. The molecule has 1 amide bonds. The summed E-state index contributed by atoms with van der Waals surface area (Å²) in [5, 5.41) is 9.82. The predicted octanol–water partition coefficient (Wildman–Crippen LogP) is 2.35. The number of halogens is 1. The molecule has 2 aliphatic rings. The number of benzene rings is 1. The van der Waals surface area contributed by atoms with Gasteiger partial charge in [0.2, 0.25) is 5.91 Å². The highest BCUT2D eigenvalue weighted by molar-refractivity contribution is 6.30. The molecule has 0 aromatic heterocycles. The van der Waals surface area contributed by atoms with Crippen molar-refractivity contribution in [1.29, 1.82) is 0 Å². The van der Waals surface area contributed by atoms with E-state index in [0.29, 0.717) is 17.9 Å². The first-order valence-electron chi connectivity index (χ1n) is 6.84. The van der Waals surface area contributed by atoms with Crippen molar-refractivity contribution in [2.45, 2.75) is 37.8 Å². The minimum atomic E-state index is -0.780. The van der Waals surface area contributed by atoms with Gasteiger partial charge >= 0.3 is 5.97 Å². The third kappa shape index (κ3) is 2.29. The van der Waals surface area contributed by atoms with Crippen molar-refractivity contribution in [3.63, 3.8) is 0 Å². The summed E-state index contributed by atoms with van der Waals surface area (Å²) in [5.74, 6) is -1.15. The quantitative estimate of drug-likeness (QED) is 0.930. The lowest BCUT2D eigenvalue weighted by molar-refractivity contribution is -0.143. The van der Waals surface area contributed by atoms with Crippen LogP contribution >= 0.6 is 11.6 Å². The van der Waals surface area contributed by atoms with Gasteiger partial charge in [0, 0.05) is 17.1 Å². The van der Waals surface area contributed by atoms with Crippen LogP contribution in [0.1, 0.15) is 24.8 Å². The average molecular weight is 294 g/mol. The van der Waals surface area contributed by atoms with E-state index in [1.54, 1.807) is 17.0 Å². The highest BCUT2D eigenvalue weighted by Crippen LogP contribution is 2.42. The second kappa shape index (κ2) is 5.09. The normalized spacial score (nSPS) is 27.9. The van der Waals surface area contributed by atoms with Gasteiger partial charge in [-0.15, -0.1) is 0 Å². The molecule has 3 atom stereocenters. The van der Waals surface area contributed by atoms with Crippen LogP contribution in [0, 0.1) is 5.92 Å². The summed E-state index contributed by atoms with van der Waals surface area (Å²) in [7, 11) is 0. The van der Waals surface area contributed by atoms with Crippen LogP contribution in [0.25, 0.3) is 0 Å². The van der Waals surface area contributed by atoms with Crippen LogP contribution in [0.3, 0.4) is 0 Å². The largest absolute Gasteiger partial charge is 0.481 e. The Labute approximate surface area is 122 Å². The lowest BCUT2D eigenvalue weighted by atomic mass is 9.89. The van der Waals surface area contributed by atoms with Gasteiger partial charge < -0.3 is 10.0 Å². The van der Waals surface area contributed by atoms with Crippen molar-refractivity contribution in [3.8, 4) is 0 Å². The van der Waals surface area contributed by atoms with E-state index in [1.165, 1.54) is 0 Å². The lowest BCUT2D eigenvalue weighted by Crippen LogP contribution is -2.38. The van der Waals surface area contributed by atoms with Gasteiger partial charge in [0.15, 0.2) is 0 Å². The highest BCUT2D eigenvalue weighted by Gasteiger charge is 2.50. The molecule has 2 saturated heterocycles. The summed E-state index contributed by atoms with van der Waals surface area (Å²) in [6.07, 6.45) is 2.62. The van der Waals surface area contributed by atoms with Crippen LogP contribution in [0.2, 0.25) is 5.02 Å². The first-order valence-corrected chi connectivity index (χ1v) is 7.22. The van der Waals surface area contributed by atoms with E-state index in [-0.39, 0.29) is 18.0 Å². The Hall–Kier alpha value is -1.55. The first kappa shape index (κ1) is 13.4. The van der Waals surface area contributed by atoms with E-state index in [1.807, 2.05) is 12.1 Å². The molecule has 20 heavy (non-hydrogen) atoms. The lowest BCUT2D eigenvalue weighted by Gasteiger charge is -2.23. The van der Waals surface area contributed by atoms with Crippen molar-refractivity contribution >= 4 is 23.5 Å². The van der Waals surface area contributed by atoms with Crippen molar-refractivity contribution in [2.75, 3.05) is 0 Å². The number of hydrogen-bond donors (Lipinski definition) is 1. The molecule has 1 aromatic rings. The number of rotatable bonds is 3. The van der Waals surface area contributed by atoms with E-state index in [0.717, 1.165) is 18.4 Å². The summed E-state index contributed by atoms with van der Waals surface area (Å²) >= 11 is 5.92. The number of carbonyl (C=O) groups excluding carboxylic acids is 1. The Balaban J connectivity index is 1.74. The summed E-state index contributed by atoms with van der Waals surface area (Å²) < 4.78 is 0. The molecule has 0 aliphatic carbocycles. The maximum atomic E-state index is 12.4. The number of carboxylic acid groups (broad SMARTS) is 1. The fourth-order valence-electron chi connectivity index (χ4n) is 3.56. The van der Waals surface area contributed by atoms with Crippen molar-refractivity contribution in [2.24, 2.45) is 5.92 Å². The molecule has 1 aromatic carbocycles. The zero-order chi connectivity index (χ0) is 14.3. The Bertz CT molecular complexity index is 560. The monoisotopic (exact) mass is 293 g/mol. The fraction of sp³-hybridized carbons (Fsp3) is 0.467. The van der Waals surface area contributed by atoms with Crippen molar-refractivity contribution in [3.05, 3.63) is 34.9 Å². The topological polar surface area (TPSA) is 57.6 Å².